The summed E-state index contributed by atoms with van der Waals surface area (Å²) in [4.78, 5) is 19.1. The molecule has 0 aromatic heterocycles. The number of hydrogen-bond acceptors (Lipinski definition) is 11. The van der Waals surface area contributed by atoms with Crippen LogP contribution in [-0.4, -0.2) is 238 Å². The van der Waals surface area contributed by atoms with Crippen LogP contribution >= 0.6 is 0 Å². The Bertz CT molecular complexity index is 722. The van der Waals surface area contributed by atoms with Gasteiger partial charge in [-0.1, -0.05) is 34.1 Å². The van der Waals surface area contributed by atoms with Crippen LogP contribution < -0.4 is 10.6 Å². The van der Waals surface area contributed by atoms with Gasteiger partial charge in [0.25, 0.3) is 0 Å². The highest BCUT2D eigenvalue weighted by Gasteiger charge is 2.13. The van der Waals surface area contributed by atoms with Gasteiger partial charge >= 0.3 is 0 Å². The molecule has 0 bridgehead atoms. The predicted molar refractivity (Wildman–Crippen MR) is 241 cm³/mol. The predicted octanol–water partition coefficient (Wildman–Crippen LogP) is 3.82. The molecule has 0 aliphatic carbocycles. The van der Waals surface area contributed by atoms with E-state index < -0.39 is 0 Å². The quantitative estimate of drug-likeness (QED) is 0.431. The minimum atomic E-state index is 0.693. The normalized spacial score (nSPS) is 27.3. The Morgan fingerprint density at radius 2 is 0.927 bits per heavy atom. The topological polar surface area (TPSA) is 59.2 Å². The van der Waals surface area contributed by atoms with Gasteiger partial charge in [0.05, 0.1) is 13.2 Å². The van der Waals surface area contributed by atoms with Crippen LogP contribution in [0.25, 0.3) is 0 Å². The van der Waals surface area contributed by atoms with E-state index in [2.05, 4.69) is 127 Å². The number of likely N-dealkylation sites (N-methyl/N-ethyl adjacent to an activating group) is 6. The number of piperidine rings is 3. The molecule has 0 aromatic carbocycles. The van der Waals surface area contributed by atoms with Crippen LogP contribution in [-0.2, 0) is 4.74 Å². The molecule has 2 unspecified atom stereocenters. The van der Waals surface area contributed by atoms with E-state index in [-0.39, 0.29) is 0 Å². The maximum absolute atomic E-state index is 5.10. The van der Waals surface area contributed by atoms with Gasteiger partial charge in [0.1, 0.15) is 0 Å². The summed E-state index contributed by atoms with van der Waals surface area (Å²) in [5.41, 5.74) is 0. The van der Waals surface area contributed by atoms with Gasteiger partial charge in [-0.3, -0.25) is 0 Å². The molecular formula is C44H98N10O. The fourth-order valence-electron chi connectivity index (χ4n) is 7.24. The SMILES string of the molecule is CC1CCCNC1.CC1CCN(C)CC1.CCN1CCN(C)CC1.CCN1CCNC(C)C1.CN1CCCCC1.CN1CCN(C)CC1.CN1CCOCC1. The van der Waals surface area contributed by atoms with Crippen LogP contribution in [0.1, 0.15) is 79.6 Å². The molecule has 0 spiro atoms. The highest BCUT2D eigenvalue weighted by Crippen LogP contribution is 2.13. The number of ether oxygens (including phenoxy) is 1. The standard InChI is InChI=1S/2C7H16N2.C7H15N.C6H14N2.2C6H13N.C5H11NO/c1-3-9-6-4-8(2)5-7-9;1-3-9-5-4-8-7(2)6-9;2*1-7-3-5-8(2)6-4-7;1-6-3-2-4-7-5-6;1-7-5-3-2-4-6-7;1-6-2-4-7-5-3-6/h3-7H2,1-2H3;7-8H,3-6H2,1-2H3;7H,3-6H2,1-2H3;3-6H2,1-2H3;6-7H,2-5H2,1H3;2-6H2,1H3;2-5H2,1H3. The number of nitrogens with zero attached hydrogens (tertiary/aromatic N) is 8. The molecule has 0 radical (unpaired) electrons. The van der Waals surface area contributed by atoms with Crippen LogP contribution in [0.4, 0.5) is 0 Å². The van der Waals surface area contributed by atoms with E-state index in [0.717, 1.165) is 44.7 Å². The van der Waals surface area contributed by atoms with Crippen LogP contribution in [0.2, 0.25) is 0 Å². The van der Waals surface area contributed by atoms with E-state index in [4.69, 9.17) is 4.74 Å². The first-order valence-electron chi connectivity index (χ1n) is 23.0. The summed E-state index contributed by atoms with van der Waals surface area (Å²) in [5.74, 6) is 1.90. The lowest BCUT2D eigenvalue weighted by molar-refractivity contribution is 0.0503. The van der Waals surface area contributed by atoms with E-state index >= 15 is 0 Å². The summed E-state index contributed by atoms with van der Waals surface area (Å²) in [6.07, 6.45) is 9.87. The number of piperazine rings is 3. The third kappa shape index (κ3) is 31.2. The van der Waals surface area contributed by atoms with Crippen LogP contribution in [0.5, 0.6) is 0 Å². The first-order chi connectivity index (χ1) is 26.4. The molecule has 55 heavy (non-hydrogen) atoms. The zero-order valence-electron chi connectivity index (χ0n) is 38.9. The molecule has 7 fully saturated rings. The average molecular weight is 783 g/mol. The van der Waals surface area contributed by atoms with Crippen LogP contribution in [0.3, 0.4) is 0 Å². The molecule has 7 saturated heterocycles. The van der Waals surface area contributed by atoms with E-state index in [0.29, 0.717) is 6.04 Å². The summed E-state index contributed by atoms with van der Waals surface area (Å²) in [6, 6.07) is 0.693. The van der Waals surface area contributed by atoms with Crippen molar-refractivity contribution in [3.05, 3.63) is 0 Å². The Balaban J connectivity index is 0.000000322. The van der Waals surface area contributed by atoms with Crippen LogP contribution in [0.15, 0.2) is 0 Å². The fraction of sp³-hybridized carbons (Fsp3) is 1.00. The van der Waals surface area contributed by atoms with Crippen molar-refractivity contribution < 1.29 is 4.74 Å². The summed E-state index contributed by atoms with van der Waals surface area (Å²) < 4.78 is 5.10. The molecule has 0 aromatic rings. The maximum Gasteiger partial charge on any atom is 0.0594 e. The molecule has 11 heteroatoms. The number of rotatable bonds is 2. The van der Waals surface area contributed by atoms with Crippen molar-refractivity contribution in [1.82, 2.24) is 49.8 Å². The van der Waals surface area contributed by atoms with E-state index in [1.807, 2.05) is 0 Å². The first kappa shape index (κ1) is 52.6. The third-order valence-electron chi connectivity index (χ3n) is 12.0. The smallest absolute Gasteiger partial charge is 0.0594 e. The van der Waals surface area contributed by atoms with Gasteiger partial charge in [-0.25, -0.2) is 0 Å². The molecule has 7 aliphatic rings. The van der Waals surface area contributed by atoms with Gasteiger partial charge < -0.3 is 54.6 Å². The molecule has 7 heterocycles. The maximum atomic E-state index is 5.10. The van der Waals surface area contributed by atoms with Crippen molar-refractivity contribution in [1.29, 1.82) is 0 Å². The highest BCUT2D eigenvalue weighted by molar-refractivity contribution is 4.73. The highest BCUT2D eigenvalue weighted by atomic mass is 16.5. The number of likely N-dealkylation sites (tertiary alicyclic amines) is 2. The first-order valence-corrected chi connectivity index (χ1v) is 23.0. The molecule has 2 N–H and O–H groups in total. The molecule has 7 aliphatic heterocycles. The second kappa shape index (κ2) is 34.4. The Hall–Kier alpha value is -0.440. The zero-order valence-corrected chi connectivity index (χ0v) is 38.9. The minimum absolute atomic E-state index is 0.693. The molecule has 2 atom stereocenters. The van der Waals surface area contributed by atoms with Crippen molar-refractivity contribution in [2.45, 2.75) is 85.6 Å². The van der Waals surface area contributed by atoms with Gasteiger partial charge in [0.2, 0.25) is 0 Å². The second-order valence-electron chi connectivity index (χ2n) is 17.8. The summed E-state index contributed by atoms with van der Waals surface area (Å²) in [6.45, 7) is 39.0. The third-order valence-corrected chi connectivity index (χ3v) is 12.0. The Kier molecular flexibility index (Phi) is 32.9. The largest absolute Gasteiger partial charge is 0.379 e. The molecule has 0 saturated carbocycles. The zero-order chi connectivity index (χ0) is 40.7. The summed E-state index contributed by atoms with van der Waals surface area (Å²) >= 11 is 0. The Labute approximate surface area is 344 Å². The summed E-state index contributed by atoms with van der Waals surface area (Å²) in [7, 11) is 13.0. The van der Waals surface area contributed by atoms with E-state index in [9.17, 15) is 0 Å². The monoisotopic (exact) mass is 783 g/mol. The van der Waals surface area contributed by atoms with Crippen molar-refractivity contribution in [3.63, 3.8) is 0 Å². The van der Waals surface area contributed by atoms with Crippen molar-refractivity contribution in [2.75, 3.05) is 193 Å². The van der Waals surface area contributed by atoms with Crippen molar-refractivity contribution in [2.24, 2.45) is 11.8 Å². The van der Waals surface area contributed by atoms with E-state index in [1.54, 1.807) is 0 Å². The van der Waals surface area contributed by atoms with Gasteiger partial charge in [-0.2, -0.15) is 0 Å². The van der Waals surface area contributed by atoms with E-state index in [1.165, 1.54) is 163 Å². The lowest BCUT2D eigenvalue weighted by atomic mass is 10.00. The van der Waals surface area contributed by atoms with Gasteiger partial charge in [0, 0.05) is 91.1 Å². The average Bonchev–Trinajstić information content (AvgIpc) is 3.20. The Morgan fingerprint density at radius 3 is 1.25 bits per heavy atom. The molecular weight excluding hydrogens is 685 g/mol. The Morgan fingerprint density at radius 1 is 0.455 bits per heavy atom. The van der Waals surface area contributed by atoms with Crippen LogP contribution in [0, 0.1) is 11.8 Å². The number of morpholine rings is 1. The van der Waals surface area contributed by atoms with Crippen molar-refractivity contribution >= 4 is 0 Å². The fourth-order valence-corrected chi connectivity index (χ4v) is 7.24. The van der Waals surface area contributed by atoms with Gasteiger partial charge in [-0.05, 0) is 152 Å². The number of nitrogens with one attached hydrogen (secondary N) is 2. The van der Waals surface area contributed by atoms with Gasteiger partial charge in [-0.15, -0.1) is 0 Å². The number of hydrogen-bond donors (Lipinski definition) is 2. The van der Waals surface area contributed by atoms with Gasteiger partial charge in [0.15, 0.2) is 0 Å². The lowest BCUT2D eigenvalue weighted by Gasteiger charge is -2.31. The molecule has 11 nitrogen and oxygen atoms in total. The lowest BCUT2D eigenvalue weighted by Crippen LogP contribution is -2.48. The summed E-state index contributed by atoms with van der Waals surface area (Å²) in [5, 5.41) is 6.74. The molecule has 330 valence electrons. The minimum Gasteiger partial charge on any atom is -0.379 e. The van der Waals surface area contributed by atoms with Crippen molar-refractivity contribution in [3.8, 4) is 0 Å². The molecule has 0 amide bonds. The molecule has 7 rings (SSSR count). The second-order valence-corrected chi connectivity index (χ2v) is 17.8.